The summed E-state index contributed by atoms with van der Waals surface area (Å²) in [7, 11) is 0. The SMILES string of the molecule is CCn1ncnc1-c1ccc(N)cc1C. The molecule has 0 radical (unpaired) electrons. The standard InChI is InChI=1S/C11H14N4/c1-3-15-11(13-7-14-15)10-5-4-9(12)6-8(10)2/h4-7H,3,12H2,1-2H3. The lowest BCUT2D eigenvalue weighted by atomic mass is 10.1. The Bertz CT molecular complexity index is 473. The van der Waals surface area contributed by atoms with Gasteiger partial charge in [-0.15, -0.1) is 0 Å². The van der Waals surface area contributed by atoms with E-state index in [-0.39, 0.29) is 0 Å². The Labute approximate surface area is 88.8 Å². The molecule has 0 saturated carbocycles. The molecule has 4 heteroatoms. The molecule has 1 aromatic heterocycles. The molecule has 0 saturated heterocycles. The Morgan fingerprint density at radius 3 is 2.87 bits per heavy atom. The third-order valence-corrected chi connectivity index (χ3v) is 2.41. The van der Waals surface area contributed by atoms with Crippen LogP contribution in [0.5, 0.6) is 0 Å². The van der Waals surface area contributed by atoms with Gasteiger partial charge in [-0.05, 0) is 37.6 Å². The number of nitrogens with two attached hydrogens (primary N) is 1. The van der Waals surface area contributed by atoms with Gasteiger partial charge in [-0.2, -0.15) is 5.10 Å². The molecule has 0 aliphatic carbocycles. The number of anilines is 1. The normalized spacial score (nSPS) is 10.5. The van der Waals surface area contributed by atoms with E-state index in [2.05, 4.69) is 10.1 Å². The molecule has 2 rings (SSSR count). The summed E-state index contributed by atoms with van der Waals surface area (Å²) in [6, 6.07) is 5.82. The number of nitrogens with zero attached hydrogens (tertiary/aromatic N) is 3. The lowest BCUT2D eigenvalue weighted by Gasteiger charge is -2.06. The van der Waals surface area contributed by atoms with Gasteiger partial charge in [0, 0.05) is 17.8 Å². The zero-order chi connectivity index (χ0) is 10.8. The monoisotopic (exact) mass is 202 g/mol. The number of benzene rings is 1. The topological polar surface area (TPSA) is 56.7 Å². The van der Waals surface area contributed by atoms with Crippen LogP contribution in [0.1, 0.15) is 12.5 Å². The molecule has 15 heavy (non-hydrogen) atoms. The smallest absolute Gasteiger partial charge is 0.158 e. The zero-order valence-corrected chi connectivity index (χ0v) is 8.94. The molecule has 0 spiro atoms. The van der Waals surface area contributed by atoms with E-state index in [0.717, 1.165) is 29.2 Å². The highest BCUT2D eigenvalue weighted by atomic mass is 15.3. The highest BCUT2D eigenvalue weighted by molar-refractivity contribution is 5.63. The fourth-order valence-corrected chi connectivity index (χ4v) is 1.64. The molecule has 2 aromatic rings. The molecule has 0 amide bonds. The van der Waals surface area contributed by atoms with Crippen molar-refractivity contribution in [2.45, 2.75) is 20.4 Å². The maximum absolute atomic E-state index is 5.71. The Morgan fingerprint density at radius 2 is 2.20 bits per heavy atom. The number of rotatable bonds is 2. The van der Waals surface area contributed by atoms with Crippen molar-refractivity contribution >= 4 is 5.69 Å². The van der Waals surface area contributed by atoms with Crippen molar-refractivity contribution in [1.29, 1.82) is 0 Å². The van der Waals surface area contributed by atoms with Crippen LogP contribution in [0.2, 0.25) is 0 Å². The van der Waals surface area contributed by atoms with Crippen LogP contribution in [0.15, 0.2) is 24.5 Å². The van der Waals surface area contributed by atoms with E-state index in [0.29, 0.717) is 0 Å². The van der Waals surface area contributed by atoms with Crippen LogP contribution < -0.4 is 5.73 Å². The molecule has 1 heterocycles. The highest BCUT2D eigenvalue weighted by Gasteiger charge is 2.08. The molecule has 1 aromatic carbocycles. The van der Waals surface area contributed by atoms with E-state index in [1.807, 2.05) is 36.7 Å². The van der Waals surface area contributed by atoms with Gasteiger partial charge in [0.1, 0.15) is 6.33 Å². The van der Waals surface area contributed by atoms with Gasteiger partial charge in [0.15, 0.2) is 5.82 Å². The molecular formula is C11H14N4. The Hall–Kier alpha value is -1.84. The van der Waals surface area contributed by atoms with Crippen LogP contribution in [-0.4, -0.2) is 14.8 Å². The van der Waals surface area contributed by atoms with Crippen LogP contribution in [0.4, 0.5) is 5.69 Å². The van der Waals surface area contributed by atoms with E-state index in [4.69, 9.17) is 5.73 Å². The van der Waals surface area contributed by atoms with Crippen LogP contribution in [0, 0.1) is 6.92 Å². The highest BCUT2D eigenvalue weighted by Crippen LogP contribution is 2.22. The number of aromatic nitrogens is 3. The number of hydrogen-bond donors (Lipinski definition) is 1. The fraction of sp³-hybridized carbons (Fsp3) is 0.273. The molecule has 2 N–H and O–H groups in total. The molecule has 0 bridgehead atoms. The Kier molecular flexibility index (Phi) is 2.41. The summed E-state index contributed by atoms with van der Waals surface area (Å²) in [5.74, 6) is 0.898. The van der Waals surface area contributed by atoms with E-state index in [9.17, 15) is 0 Å². The van der Waals surface area contributed by atoms with E-state index < -0.39 is 0 Å². The minimum atomic E-state index is 0.777. The lowest BCUT2D eigenvalue weighted by molar-refractivity contribution is 0.665. The van der Waals surface area contributed by atoms with Crippen LogP contribution in [0.3, 0.4) is 0 Å². The van der Waals surface area contributed by atoms with Gasteiger partial charge in [-0.3, -0.25) is 0 Å². The Morgan fingerprint density at radius 1 is 1.40 bits per heavy atom. The minimum Gasteiger partial charge on any atom is -0.399 e. The average molecular weight is 202 g/mol. The van der Waals surface area contributed by atoms with Gasteiger partial charge in [0.25, 0.3) is 0 Å². The van der Waals surface area contributed by atoms with Gasteiger partial charge in [0.2, 0.25) is 0 Å². The van der Waals surface area contributed by atoms with Crippen molar-refractivity contribution in [3.8, 4) is 11.4 Å². The maximum Gasteiger partial charge on any atom is 0.158 e. The van der Waals surface area contributed by atoms with Crippen LogP contribution >= 0.6 is 0 Å². The number of hydrogen-bond acceptors (Lipinski definition) is 3. The van der Waals surface area contributed by atoms with E-state index >= 15 is 0 Å². The summed E-state index contributed by atoms with van der Waals surface area (Å²) in [5, 5.41) is 4.15. The third kappa shape index (κ3) is 1.70. The summed E-state index contributed by atoms with van der Waals surface area (Å²) in [4.78, 5) is 4.26. The summed E-state index contributed by atoms with van der Waals surface area (Å²) in [5.41, 5.74) is 8.69. The van der Waals surface area contributed by atoms with Crippen molar-refractivity contribution in [3.63, 3.8) is 0 Å². The lowest BCUT2D eigenvalue weighted by Crippen LogP contribution is -2.00. The maximum atomic E-state index is 5.71. The van der Waals surface area contributed by atoms with Crippen molar-refractivity contribution in [1.82, 2.24) is 14.8 Å². The molecule has 0 atom stereocenters. The fourth-order valence-electron chi connectivity index (χ4n) is 1.64. The molecule has 78 valence electrons. The van der Waals surface area contributed by atoms with E-state index in [1.165, 1.54) is 0 Å². The second-order valence-corrected chi connectivity index (χ2v) is 3.47. The largest absolute Gasteiger partial charge is 0.399 e. The first-order chi connectivity index (χ1) is 7.22. The quantitative estimate of drug-likeness (QED) is 0.756. The van der Waals surface area contributed by atoms with Crippen molar-refractivity contribution in [2.24, 2.45) is 0 Å². The summed E-state index contributed by atoms with van der Waals surface area (Å²) in [6.07, 6.45) is 1.58. The molecule has 0 fully saturated rings. The van der Waals surface area contributed by atoms with Crippen LogP contribution in [0.25, 0.3) is 11.4 Å². The second-order valence-electron chi connectivity index (χ2n) is 3.47. The predicted molar refractivity (Wildman–Crippen MR) is 60.3 cm³/mol. The molecular weight excluding hydrogens is 188 g/mol. The van der Waals surface area contributed by atoms with Gasteiger partial charge in [0.05, 0.1) is 0 Å². The average Bonchev–Trinajstić information content (AvgIpc) is 2.65. The first kappa shape index (κ1) is 9.71. The van der Waals surface area contributed by atoms with Gasteiger partial charge < -0.3 is 5.73 Å². The number of aryl methyl sites for hydroxylation is 2. The summed E-state index contributed by atoms with van der Waals surface area (Å²) >= 11 is 0. The van der Waals surface area contributed by atoms with Gasteiger partial charge in [-0.1, -0.05) is 0 Å². The first-order valence-electron chi connectivity index (χ1n) is 4.96. The van der Waals surface area contributed by atoms with Gasteiger partial charge in [-0.25, -0.2) is 9.67 Å². The minimum absolute atomic E-state index is 0.777. The second kappa shape index (κ2) is 3.73. The molecule has 0 unspecified atom stereocenters. The predicted octanol–water partition coefficient (Wildman–Crippen LogP) is 1.86. The summed E-state index contributed by atoms with van der Waals surface area (Å²) in [6.45, 7) is 4.89. The zero-order valence-electron chi connectivity index (χ0n) is 8.94. The van der Waals surface area contributed by atoms with Crippen molar-refractivity contribution in [2.75, 3.05) is 5.73 Å². The molecule has 0 aliphatic heterocycles. The van der Waals surface area contributed by atoms with Gasteiger partial charge >= 0.3 is 0 Å². The molecule has 0 aliphatic rings. The van der Waals surface area contributed by atoms with Crippen molar-refractivity contribution in [3.05, 3.63) is 30.1 Å². The van der Waals surface area contributed by atoms with Crippen molar-refractivity contribution < 1.29 is 0 Å². The first-order valence-corrected chi connectivity index (χ1v) is 4.96. The van der Waals surface area contributed by atoms with E-state index in [1.54, 1.807) is 6.33 Å². The Balaban J connectivity index is 2.54. The third-order valence-electron chi connectivity index (χ3n) is 2.41. The summed E-state index contributed by atoms with van der Waals surface area (Å²) < 4.78 is 1.87. The number of nitrogen functional groups attached to an aromatic ring is 1. The van der Waals surface area contributed by atoms with Crippen LogP contribution in [-0.2, 0) is 6.54 Å². The molecule has 4 nitrogen and oxygen atoms in total.